The smallest absolute Gasteiger partial charge is 0.195 e. The summed E-state index contributed by atoms with van der Waals surface area (Å²) in [6.07, 6.45) is 3.32. The molecule has 0 radical (unpaired) electrons. The maximum atomic E-state index is 11.8. The van der Waals surface area contributed by atoms with Crippen LogP contribution < -0.4 is 4.74 Å². The Kier molecular flexibility index (Phi) is 4.18. The SMILES string of the molecule is COc1ccc(/C=C\C(=O)c2ccc(Cl)s2)cc1. The van der Waals surface area contributed by atoms with Gasteiger partial charge in [0.15, 0.2) is 5.78 Å². The molecule has 1 heterocycles. The van der Waals surface area contributed by atoms with Gasteiger partial charge in [0.2, 0.25) is 0 Å². The third kappa shape index (κ3) is 3.22. The van der Waals surface area contributed by atoms with Crippen molar-refractivity contribution >= 4 is 34.8 Å². The number of thiophene rings is 1. The first-order valence-electron chi connectivity index (χ1n) is 5.31. The van der Waals surface area contributed by atoms with Gasteiger partial charge in [-0.1, -0.05) is 29.8 Å². The Morgan fingerprint density at radius 3 is 2.50 bits per heavy atom. The number of methoxy groups -OCH3 is 1. The van der Waals surface area contributed by atoms with Crippen LogP contribution in [0.5, 0.6) is 5.75 Å². The quantitative estimate of drug-likeness (QED) is 0.615. The average Bonchev–Trinajstić information content (AvgIpc) is 2.83. The lowest BCUT2D eigenvalue weighted by atomic mass is 10.2. The lowest BCUT2D eigenvalue weighted by Gasteiger charge is -1.98. The van der Waals surface area contributed by atoms with Gasteiger partial charge >= 0.3 is 0 Å². The van der Waals surface area contributed by atoms with Gasteiger partial charge in [-0.25, -0.2) is 0 Å². The molecule has 0 aliphatic rings. The number of ether oxygens (including phenoxy) is 1. The van der Waals surface area contributed by atoms with Crippen molar-refractivity contribution in [3.8, 4) is 5.75 Å². The minimum atomic E-state index is -0.0391. The first-order valence-corrected chi connectivity index (χ1v) is 6.50. The molecule has 0 aliphatic carbocycles. The zero-order valence-corrected chi connectivity index (χ0v) is 11.3. The van der Waals surface area contributed by atoms with Crippen molar-refractivity contribution < 1.29 is 9.53 Å². The number of hydrogen-bond acceptors (Lipinski definition) is 3. The van der Waals surface area contributed by atoms with E-state index in [2.05, 4.69) is 0 Å². The Balaban J connectivity index is 2.08. The molecule has 0 bridgehead atoms. The van der Waals surface area contributed by atoms with Crippen LogP contribution in [-0.4, -0.2) is 12.9 Å². The molecule has 0 atom stereocenters. The fraction of sp³-hybridized carbons (Fsp3) is 0.0714. The van der Waals surface area contributed by atoms with E-state index >= 15 is 0 Å². The third-order valence-electron chi connectivity index (χ3n) is 2.36. The molecular weight excluding hydrogens is 268 g/mol. The largest absolute Gasteiger partial charge is 0.497 e. The van der Waals surface area contributed by atoms with Crippen LogP contribution in [0.2, 0.25) is 4.34 Å². The standard InChI is InChI=1S/C14H11ClO2S/c1-17-11-5-2-10(3-6-11)4-7-12(16)13-8-9-14(15)18-13/h2-9H,1H3/b7-4-. The summed E-state index contributed by atoms with van der Waals surface area (Å²) < 4.78 is 5.68. The first-order chi connectivity index (χ1) is 8.69. The molecule has 1 aromatic carbocycles. The molecule has 0 amide bonds. The Morgan fingerprint density at radius 1 is 1.22 bits per heavy atom. The number of rotatable bonds is 4. The maximum Gasteiger partial charge on any atom is 0.195 e. The molecule has 18 heavy (non-hydrogen) atoms. The molecule has 0 saturated carbocycles. The van der Waals surface area contributed by atoms with Crippen molar-refractivity contribution in [1.29, 1.82) is 0 Å². The van der Waals surface area contributed by atoms with Crippen molar-refractivity contribution in [3.63, 3.8) is 0 Å². The van der Waals surface area contributed by atoms with E-state index in [9.17, 15) is 4.79 Å². The molecule has 0 spiro atoms. The second kappa shape index (κ2) is 5.85. The zero-order chi connectivity index (χ0) is 13.0. The number of allylic oxidation sites excluding steroid dienone is 1. The number of ketones is 1. The van der Waals surface area contributed by atoms with Crippen LogP contribution in [0.4, 0.5) is 0 Å². The summed E-state index contributed by atoms with van der Waals surface area (Å²) in [5.74, 6) is 0.756. The number of carbonyl (C=O) groups is 1. The molecule has 0 aliphatic heterocycles. The van der Waals surface area contributed by atoms with Gasteiger partial charge in [-0.15, -0.1) is 11.3 Å². The summed E-state index contributed by atoms with van der Waals surface area (Å²) in [6.45, 7) is 0. The van der Waals surface area contributed by atoms with E-state index in [-0.39, 0.29) is 5.78 Å². The van der Waals surface area contributed by atoms with E-state index in [4.69, 9.17) is 16.3 Å². The molecule has 0 fully saturated rings. The summed E-state index contributed by atoms with van der Waals surface area (Å²) in [6, 6.07) is 10.9. The van der Waals surface area contributed by atoms with Crippen LogP contribution in [0, 0.1) is 0 Å². The van der Waals surface area contributed by atoms with Crippen LogP contribution >= 0.6 is 22.9 Å². The number of carbonyl (C=O) groups excluding carboxylic acids is 1. The normalized spacial score (nSPS) is 10.8. The highest BCUT2D eigenvalue weighted by Crippen LogP contribution is 2.22. The van der Waals surface area contributed by atoms with Crippen LogP contribution in [0.25, 0.3) is 6.08 Å². The molecule has 92 valence electrons. The monoisotopic (exact) mass is 278 g/mol. The molecule has 2 aromatic rings. The summed E-state index contributed by atoms with van der Waals surface area (Å²) in [5.41, 5.74) is 0.951. The third-order valence-corrected chi connectivity index (χ3v) is 3.60. The van der Waals surface area contributed by atoms with Crippen molar-refractivity contribution in [2.75, 3.05) is 7.11 Å². The summed E-state index contributed by atoms with van der Waals surface area (Å²) in [4.78, 5) is 12.4. The van der Waals surface area contributed by atoms with Gasteiger partial charge < -0.3 is 4.74 Å². The van der Waals surface area contributed by atoms with Crippen LogP contribution in [0.15, 0.2) is 42.5 Å². The molecule has 4 heteroatoms. The van der Waals surface area contributed by atoms with Crippen LogP contribution in [0.1, 0.15) is 15.2 Å². The van der Waals surface area contributed by atoms with Gasteiger partial charge in [-0.3, -0.25) is 4.79 Å². The van der Waals surface area contributed by atoms with E-state index in [1.807, 2.05) is 24.3 Å². The Bertz CT molecular complexity index is 570. The first kappa shape index (κ1) is 12.9. The van der Waals surface area contributed by atoms with E-state index in [1.54, 1.807) is 31.4 Å². The highest BCUT2D eigenvalue weighted by molar-refractivity contribution is 7.18. The molecular formula is C14H11ClO2S. The second-order valence-corrected chi connectivity index (χ2v) is 5.29. The molecule has 2 nitrogen and oxygen atoms in total. The van der Waals surface area contributed by atoms with Crippen molar-refractivity contribution in [2.24, 2.45) is 0 Å². The minimum absolute atomic E-state index is 0.0391. The van der Waals surface area contributed by atoms with Gasteiger partial charge in [0.1, 0.15) is 5.75 Å². The summed E-state index contributed by atoms with van der Waals surface area (Å²) in [7, 11) is 1.62. The molecule has 0 saturated heterocycles. The fourth-order valence-electron chi connectivity index (χ4n) is 1.42. The van der Waals surface area contributed by atoms with Crippen molar-refractivity contribution in [1.82, 2.24) is 0 Å². The Labute approximate surface area is 114 Å². The summed E-state index contributed by atoms with van der Waals surface area (Å²) in [5, 5.41) is 0. The number of benzene rings is 1. The molecule has 0 unspecified atom stereocenters. The second-order valence-electron chi connectivity index (χ2n) is 3.57. The predicted octanol–water partition coefficient (Wildman–Crippen LogP) is 4.31. The Hall–Kier alpha value is -1.58. The number of halogens is 1. The molecule has 0 N–H and O–H groups in total. The van der Waals surface area contributed by atoms with E-state index in [0.717, 1.165) is 11.3 Å². The van der Waals surface area contributed by atoms with E-state index in [1.165, 1.54) is 11.3 Å². The van der Waals surface area contributed by atoms with E-state index in [0.29, 0.717) is 9.21 Å². The van der Waals surface area contributed by atoms with Gasteiger partial charge in [-0.05, 0) is 35.9 Å². The van der Waals surface area contributed by atoms with Crippen LogP contribution in [-0.2, 0) is 0 Å². The summed E-state index contributed by atoms with van der Waals surface area (Å²) >= 11 is 7.07. The zero-order valence-electron chi connectivity index (χ0n) is 9.72. The fourth-order valence-corrected chi connectivity index (χ4v) is 2.38. The lowest BCUT2D eigenvalue weighted by Crippen LogP contribution is -1.88. The van der Waals surface area contributed by atoms with Gasteiger partial charge in [0, 0.05) is 0 Å². The highest BCUT2D eigenvalue weighted by Gasteiger charge is 2.04. The van der Waals surface area contributed by atoms with Gasteiger partial charge in [-0.2, -0.15) is 0 Å². The maximum absolute atomic E-state index is 11.8. The number of hydrogen-bond donors (Lipinski definition) is 0. The highest BCUT2D eigenvalue weighted by atomic mass is 35.5. The molecule has 1 aromatic heterocycles. The Morgan fingerprint density at radius 2 is 1.94 bits per heavy atom. The predicted molar refractivity (Wildman–Crippen MR) is 75.7 cm³/mol. The average molecular weight is 279 g/mol. The van der Waals surface area contributed by atoms with Gasteiger partial charge in [0.05, 0.1) is 16.3 Å². The minimum Gasteiger partial charge on any atom is -0.497 e. The van der Waals surface area contributed by atoms with Crippen LogP contribution in [0.3, 0.4) is 0 Å². The lowest BCUT2D eigenvalue weighted by molar-refractivity contribution is 0.105. The van der Waals surface area contributed by atoms with Crippen molar-refractivity contribution in [2.45, 2.75) is 0 Å². The van der Waals surface area contributed by atoms with Crippen molar-refractivity contribution in [3.05, 3.63) is 57.3 Å². The van der Waals surface area contributed by atoms with Gasteiger partial charge in [0.25, 0.3) is 0 Å². The molecule has 2 rings (SSSR count). The topological polar surface area (TPSA) is 26.3 Å². The van der Waals surface area contributed by atoms with E-state index < -0.39 is 0 Å².